The summed E-state index contributed by atoms with van der Waals surface area (Å²) >= 11 is 2.09. The van der Waals surface area contributed by atoms with Crippen LogP contribution in [0.5, 0.6) is 0 Å². The van der Waals surface area contributed by atoms with Crippen molar-refractivity contribution in [2.24, 2.45) is 0 Å². The van der Waals surface area contributed by atoms with Crippen LogP contribution in [0.3, 0.4) is 0 Å². The van der Waals surface area contributed by atoms with Crippen LogP contribution in [0.15, 0.2) is 12.1 Å². The molecule has 0 aromatic heterocycles. The molecule has 1 rings (SSSR count). The third-order valence-corrected chi connectivity index (χ3v) is 3.35. The van der Waals surface area contributed by atoms with Crippen molar-refractivity contribution in [3.8, 4) is 6.07 Å². The van der Waals surface area contributed by atoms with Gasteiger partial charge in [-0.05, 0) is 40.6 Å². The molecule has 1 aromatic rings. The Kier molecular flexibility index (Phi) is 4.09. The van der Waals surface area contributed by atoms with E-state index in [1.54, 1.807) is 6.07 Å². The van der Waals surface area contributed by atoms with Crippen LogP contribution in [-0.4, -0.2) is 13.1 Å². The normalized spacial score (nSPS) is 9.47. The number of nitriles is 1. The van der Waals surface area contributed by atoms with E-state index in [-0.39, 0.29) is 0 Å². The van der Waals surface area contributed by atoms with Crippen molar-refractivity contribution in [2.45, 2.75) is 13.3 Å². The van der Waals surface area contributed by atoms with Gasteiger partial charge >= 0.3 is 5.97 Å². The van der Waals surface area contributed by atoms with Gasteiger partial charge in [0.15, 0.2) is 0 Å². The zero-order valence-corrected chi connectivity index (χ0v) is 10.7. The largest absolute Gasteiger partial charge is 0.465 e. The van der Waals surface area contributed by atoms with E-state index in [0.717, 1.165) is 15.6 Å². The molecule has 78 valence electrons. The lowest BCUT2D eigenvalue weighted by atomic mass is 10.0. The number of nitrogens with zero attached hydrogens (tertiary/aromatic N) is 1. The van der Waals surface area contributed by atoms with Crippen molar-refractivity contribution >= 4 is 28.6 Å². The fourth-order valence-electron chi connectivity index (χ4n) is 1.28. The number of esters is 1. The maximum absolute atomic E-state index is 11.4. The van der Waals surface area contributed by atoms with Gasteiger partial charge in [-0.2, -0.15) is 5.26 Å². The molecule has 0 fully saturated rings. The molecule has 0 atom stereocenters. The number of aryl methyl sites for hydroxylation is 1. The van der Waals surface area contributed by atoms with E-state index >= 15 is 0 Å². The number of rotatable bonds is 2. The van der Waals surface area contributed by atoms with Crippen LogP contribution in [0.25, 0.3) is 0 Å². The molecule has 0 saturated heterocycles. The quantitative estimate of drug-likeness (QED) is 0.622. The molecule has 4 heteroatoms. The summed E-state index contributed by atoms with van der Waals surface area (Å²) in [5.41, 5.74) is 1.81. The van der Waals surface area contributed by atoms with Crippen molar-refractivity contribution in [3.05, 3.63) is 32.4 Å². The lowest BCUT2D eigenvalue weighted by Crippen LogP contribution is -2.06. The molecule has 0 heterocycles. The molecular weight excluding hydrogens is 305 g/mol. The Labute approximate surface area is 102 Å². The molecule has 0 unspecified atom stereocenters. The van der Waals surface area contributed by atoms with Gasteiger partial charge in [0.2, 0.25) is 0 Å². The van der Waals surface area contributed by atoms with Crippen LogP contribution in [0, 0.1) is 14.9 Å². The minimum atomic E-state index is -0.466. The first-order chi connectivity index (χ1) is 7.15. The van der Waals surface area contributed by atoms with Crippen LogP contribution < -0.4 is 0 Å². The summed E-state index contributed by atoms with van der Waals surface area (Å²) in [7, 11) is 1.31. The number of ether oxygens (including phenoxy) is 1. The molecule has 15 heavy (non-hydrogen) atoms. The molecule has 0 amide bonds. The molecular formula is C11H10INO2. The van der Waals surface area contributed by atoms with E-state index < -0.39 is 5.97 Å². The van der Waals surface area contributed by atoms with Crippen LogP contribution in [0.1, 0.15) is 28.4 Å². The van der Waals surface area contributed by atoms with E-state index in [1.165, 1.54) is 7.11 Å². The van der Waals surface area contributed by atoms with Crippen molar-refractivity contribution in [2.75, 3.05) is 7.11 Å². The summed E-state index contributed by atoms with van der Waals surface area (Å²) in [4.78, 5) is 11.4. The third-order valence-electron chi connectivity index (χ3n) is 2.12. The first-order valence-electron chi connectivity index (χ1n) is 4.45. The summed E-state index contributed by atoms with van der Waals surface area (Å²) in [6.07, 6.45) is 0.842. The molecule has 0 aliphatic carbocycles. The minimum Gasteiger partial charge on any atom is -0.465 e. The average Bonchev–Trinajstić information content (AvgIpc) is 2.27. The van der Waals surface area contributed by atoms with Crippen LogP contribution >= 0.6 is 22.6 Å². The Morgan fingerprint density at radius 2 is 2.27 bits per heavy atom. The molecule has 0 saturated carbocycles. The van der Waals surface area contributed by atoms with Crippen LogP contribution in [-0.2, 0) is 11.2 Å². The minimum absolute atomic E-state index is 0.335. The van der Waals surface area contributed by atoms with Gasteiger partial charge in [0, 0.05) is 3.57 Å². The molecule has 0 bridgehead atoms. The van der Waals surface area contributed by atoms with E-state index in [1.807, 2.05) is 19.1 Å². The number of halogens is 1. The maximum atomic E-state index is 11.4. The second-order valence-corrected chi connectivity index (χ2v) is 4.00. The summed E-state index contributed by atoms with van der Waals surface area (Å²) in [5.74, 6) is -0.466. The Hall–Kier alpha value is -1.09. The van der Waals surface area contributed by atoms with Gasteiger partial charge in [-0.25, -0.2) is 4.79 Å². The average molecular weight is 315 g/mol. The molecule has 0 spiro atoms. The number of carbonyl (C=O) groups is 1. The number of carbonyl (C=O) groups excluding carboxylic acids is 1. The van der Waals surface area contributed by atoms with E-state index in [9.17, 15) is 4.79 Å². The monoisotopic (exact) mass is 315 g/mol. The fourth-order valence-corrected chi connectivity index (χ4v) is 2.25. The lowest BCUT2D eigenvalue weighted by molar-refractivity contribution is 0.0600. The van der Waals surface area contributed by atoms with Crippen molar-refractivity contribution in [1.29, 1.82) is 5.26 Å². The van der Waals surface area contributed by atoms with Gasteiger partial charge in [-0.15, -0.1) is 0 Å². The Morgan fingerprint density at radius 1 is 1.60 bits per heavy atom. The molecule has 0 aliphatic heterocycles. The Morgan fingerprint density at radius 3 is 2.73 bits per heavy atom. The Balaban J connectivity index is 3.39. The number of hydrogen-bond donors (Lipinski definition) is 0. The lowest BCUT2D eigenvalue weighted by Gasteiger charge is -2.07. The first-order valence-corrected chi connectivity index (χ1v) is 5.53. The number of methoxy groups -OCH3 is 1. The highest BCUT2D eigenvalue weighted by atomic mass is 127. The summed E-state index contributed by atoms with van der Waals surface area (Å²) in [6, 6.07) is 5.55. The van der Waals surface area contributed by atoms with Gasteiger partial charge in [-0.1, -0.05) is 13.0 Å². The first kappa shape index (κ1) is 12.0. The van der Waals surface area contributed by atoms with Crippen molar-refractivity contribution in [3.63, 3.8) is 0 Å². The molecule has 0 N–H and O–H groups in total. The van der Waals surface area contributed by atoms with Gasteiger partial charge < -0.3 is 4.74 Å². The van der Waals surface area contributed by atoms with Crippen molar-refractivity contribution < 1.29 is 9.53 Å². The summed E-state index contributed by atoms with van der Waals surface area (Å²) in [5, 5.41) is 9.00. The standard InChI is InChI=1S/C11H10INO2/c1-3-7-4-5-8(11(14)15-2)9(6-13)10(7)12/h4-5H,3H2,1-2H3. The Bertz CT molecular complexity index is 435. The van der Waals surface area contributed by atoms with Crippen molar-refractivity contribution in [1.82, 2.24) is 0 Å². The highest BCUT2D eigenvalue weighted by Crippen LogP contribution is 2.21. The van der Waals surface area contributed by atoms with E-state index in [0.29, 0.717) is 11.1 Å². The van der Waals surface area contributed by atoms with E-state index in [4.69, 9.17) is 5.26 Å². The third kappa shape index (κ3) is 2.29. The van der Waals surface area contributed by atoms with Gasteiger partial charge in [-0.3, -0.25) is 0 Å². The predicted octanol–water partition coefficient (Wildman–Crippen LogP) is 2.51. The smallest absolute Gasteiger partial charge is 0.339 e. The second-order valence-electron chi connectivity index (χ2n) is 2.92. The highest BCUT2D eigenvalue weighted by molar-refractivity contribution is 14.1. The molecule has 0 aliphatic rings. The second kappa shape index (κ2) is 5.12. The molecule has 1 aromatic carbocycles. The van der Waals surface area contributed by atoms with Crippen LogP contribution in [0.4, 0.5) is 0 Å². The zero-order valence-electron chi connectivity index (χ0n) is 8.50. The SMILES string of the molecule is CCc1ccc(C(=O)OC)c(C#N)c1I. The fraction of sp³-hybridized carbons (Fsp3) is 0.273. The van der Waals surface area contributed by atoms with Gasteiger partial charge in [0.25, 0.3) is 0 Å². The van der Waals surface area contributed by atoms with Crippen LogP contribution in [0.2, 0.25) is 0 Å². The molecule has 3 nitrogen and oxygen atoms in total. The summed E-state index contributed by atoms with van der Waals surface area (Å²) < 4.78 is 5.45. The highest BCUT2D eigenvalue weighted by Gasteiger charge is 2.16. The van der Waals surface area contributed by atoms with Gasteiger partial charge in [0.05, 0.1) is 18.2 Å². The van der Waals surface area contributed by atoms with E-state index in [2.05, 4.69) is 27.3 Å². The zero-order chi connectivity index (χ0) is 11.4. The predicted molar refractivity (Wildman–Crippen MR) is 64.6 cm³/mol. The number of hydrogen-bond acceptors (Lipinski definition) is 3. The maximum Gasteiger partial charge on any atom is 0.339 e. The van der Waals surface area contributed by atoms with Gasteiger partial charge in [0.1, 0.15) is 6.07 Å². The number of benzene rings is 1. The topological polar surface area (TPSA) is 50.1 Å². The molecule has 0 radical (unpaired) electrons. The summed E-state index contributed by atoms with van der Waals surface area (Å²) in [6.45, 7) is 2.01.